The summed E-state index contributed by atoms with van der Waals surface area (Å²) in [5, 5.41) is 5.95. The van der Waals surface area contributed by atoms with Crippen LogP contribution in [-0.2, 0) is 41.6 Å². The van der Waals surface area contributed by atoms with Gasteiger partial charge in [0.15, 0.2) is 11.9 Å². The molecule has 0 saturated carbocycles. The highest BCUT2D eigenvalue weighted by atomic mass is 19.1. The van der Waals surface area contributed by atoms with Gasteiger partial charge in [0.1, 0.15) is 23.0 Å². The Labute approximate surface area is 289 Å². The summed E-state index contributed by atoms with van der Waals surface area (Å²) in [5.41, 5.74) is -0.156. The average molecular weight is 689 g/mol. The van der Waals surface area contributed by atoms with Gasteiger partial charge in [0, 0.05) is 38.3 Å². The molecule has 0 aliphatic carbocycles. The Morgan fingerprint density at radius 3 is 2.16 bits per heavy atom. The summed E-state index contributed by atoms with van der Waals surface area (Å²) in [6.07, 6.45) is -0.717. The molecule has 0 aliphatic rings. The molecule has 3 atom stereocenters. The smallest absolute Gasteiger partial charge is 0.408 e. The van der Waals surface area contributed by atoms with Crippen molar-refractivity contribution in [3.05, 3.63) is 71.3 Å². The summed E-state index contributed by atoms with van der Waals surface area (Å²) in [6.45, 7) is 14.1. The zero-order chi connectivity index (χ0) is 36.8. The van der Waals surface area contributed by atoms with Crippen LogP contribution in [0.5, 0.6) is 0 Å². The van der Waals surface area contributed by atoms with Crippen LogP contribution in [0.1, 0.15) is 98.6 Å². The number of Topliss-reactive ketones (excluding diaryl/α,β-unsaturated/α-hetero) is 2. The largest absolute Gasteiger partial charge is 0.452 e. The third kappa shape index (κ3) is 17.0. The van der Waals surface area contributed by atoms with E-state index in [0.717, 1.165) is 23.8 Å². The summed E-state index contributed by atoms with van der Waals surface area (Å²) < 4.78 is 44.8. The number of hydrogen-bond donors (Lipinski definition) is 2. The third-order valence-corrected chi connectivity index (χ3v) is 7.73. The van der Waals surface area contributed by atoms with Crippen molar-refractivity contribution in [1.82, 2.24) is 10.6 Å². The molecule has 2 rings (SSSR count). The molecule has 0 spiro atoms. The third-order valence-electron chi connectivity index (χ3n) is 7.73. The lowest BCUT2D eigenvalue weighted by molar-refractivity contribution is -0.156. The molecule has 272 valence electrons. The number of benzene rings is 2. The van der Waals surface area contributed by atoms with Gasteiger partial charge in [-0.2, -0.15) is 0 Å². The molecule has 0 fully saturated rings. The molecule has 1 unspecified atom stereocenters. The number of nitrogens with one attached hydrogen (secondary N) is 2. The van der Waals surface area contributed by atoms with Gasteiger partial charge in [0.05, 0.1) is 19.3 Å². The maximum Gasteiger partial charge on any atom is 0.408 e. The predicted molar refractivity (Wildman–Crippen MR) is 184 cm³/mol. The quantitative estimate of drug-likeness (QED) is 0.142. The maximum atomic E-state index is 14.3. The molecule has 0 aromatic heterocycles. The first-order chi connectivity index (χ1) is 22.8. The molecule has 2 N–H and O–H groups in total. The van der Waals surface area contributed by atoms with Gasteiger partial charge >= 0.3 is 12.1 Å². The minimum atomic E-state index is -1.33. The zero-order valence-electron chi connectivity index (χ0n) is 30.2. The molecule has 0 radical (unpaired) electrons. The van der Waals surface area contributed by atoms with E-state index in [1.807, 2.05) is 58.0 Å². The van der Waals surface area contributed by atoms with E-state index in [1.54, 1.807) is 20.8 Å². The highest BCUT2D eigenvalue weighted by Crippen LogP contribution is 2.30. The van der Waals surface area contributed by atoms with Crippen molar-refractivity contribution in [2.24, 2.45) is 5.41 Å². The van der Waals surface area contributed by atoms with E-state index in [9.17, 15) is 28.0 Å². The van der Waals surface area contributed by atoms with Crippen LogP contribution in [0.25, 0.3) is 0 Å². The van der Waals surface area contributed by atoms with Crippen molar-refractivity contribution in [3.63, 3.8) is 0 Å². The minimum absolute atomic E-state index is 0.0146. The highest BCUT2D eigenvalue weighted by molar-refractivity contribution is 5.87. The Kier molecular flexibility index (Phi) is 16.5. The maximum absolute atomic E-state index is 14.3. The van der Waals surface area contributed by atoms with E-state index in [1.165, 1.54) is 6.92 Å². The summed E-state index contributed by atoms with van der Waals surface area (Å²) in [6, 6.07) is 11.3. The van der Waals surface area contributed by atoms with Crippen LogP contribution in [0.15, 0.2) is 48.5 Å². The second-order valence-corrected chi connectivity index (χ2v) is 14.6. The van der Waals surface area contributed by atoms with E-state index in [0.29, 0.717) is 12.8 Å². The van der Waals surface area contributed by atoms with Gasteiger partial charge in [0.2, 0.25) is 0 Å². The standard InChI is InChI=1S/C38H54F2N2O7/c1-25(2)41-30(21-28-20-29(39)14-15-32(28)40)22-31(44)16-18-38(7,8)19-17-34(45)35(48-26(3)43)33(42-36(46)49-37(4,5)6)24-47-23-27-12-10-9-11-13-27/h9-15,20,25,30,33,35,41H,16-19,21-24H2,1-8H3,(H,42,46)/t30?,33-,35+/m1/s1. The fourth-order valence-corrected chi connectivity index (χ4v) is 5.30. The number of hydrogen-bond acceptors (Lipinski definition) is 8. The second kappa shape index (κ2) is 19.5. The van der Waals surface area contributed by atoms with Crippen LogP contribution >= 0.6 is 0 Å². The molecular formula is C38H54F2N2O7. The molecule has 0 saturated heterocycles. The summed E-state index contributed by atoms with van der Waals surface area (Å²) in [4.78, 5) is 51.6. The van der Waals surface area contributed by atoms with Crippen molar-refractivity contribution in [3.8, 4) is 0 Å². The molecule has 0 bridgehead atoms. The molecule has 2 aromatic carbocycles. The van der Waals surface area contributed by atoms with Crippen molar-refractivity contribution in [2.45, 2.75) is 130 Å². The van der Waals surface area contributed by atoms with Gasteiger partial charge in [-0.25, -0.2) is 13.6 Å². The average Bonchev–Trinajstić information content (AvgIpc) is 2.98. The van der Waals surface area contributed by atoms with Crippen LogP contribution in [-0.4, -0.2) is 60.1 Å². The summed E-state index contributed by atoms with van der Waals surface area (Å²) in [5.74, 6) is -2.19. The van der Waals surface area contributed by atoms with E-state index in [4.69, 9.17) is 14.2 Å². The van der Waals surface area contributed by atoms with Crippen LogP contribution in [0.4, 0.5) is 13.6 Å². The SMILES string of the molecule is CC(=O)O[C@H](C(=O)CCC(C)(C)CCC(=O)CC(Cc1cc(F)ccc1F)NC(C)C)[C@@H](COCc1ccccc1)NC(=O)OC(C)(C)C. The number of esters is 1. The van der Waals surface area contributed by atoms with Crippen LogP contribution in [0.3, 0.4) is 0 Å². The molecule has 2 aromatic rings. The molecule has 0 aliphatic heterocycles. The number of carbonyl (C=O) groups excluding carboxylic acids is 4. The fourth-order valence-electron chi connectivity index (χ4n) is 5.30. The summed E-state index contributed by atoms with van der Waals surface area (Å²) in [7, 11) is 0. The number of ether oxygens (including phenoxy) is 3. The molecule has 9 nitrogen and oxygen atoms in total. The highest BCUT2D eigenvalue weighted by Gasteiger charge is 2.35. The zero-order valence-corrected chi connectivity index (χ0v) is 30.2. The van der Waals surface area contributed by atoms with Gasteiger partial charge in [-0.05, 0) is 74.8 Å². The van der Waals surface area contributed by atoms with E-state index < -0.39 is 52.6 Å². The molecule has 11 heteroatoms. The lowest BCUT2D eigenvalue weighted by atomic mass is 9.80. The van der Waals surface area contributed by atoms with Gasteiger partial charge in [-0.1, -0.05) is 58.0 Å². The number of carbonyl (C=O) groups is 4. The molecule has 49 heavy (non-hydrogen) atoms. The number of ketones is 2. The first kappa shape index (κ1) is 41.5. The van der Waals surface area contributed by atoms with Crippen molar-refractivity contribution in [1.29, 1.82) is 0 Å². The molecule has 1 amide bonds. The van der Waals surface area contributed by atoms with Crippen LogP contribution in [0, 0.1) is 17.0 Å². The van der Waals surface area contributed by atoms with Gasteiger partial charge in [-0.3, -0.25) is 14.4 Å². The van der Waals surface area contributed by atoms with Crippen molar-refractivity contribution in [2.75, 3.05) is 6.61 Å². The van der Waals surface area contributed by atoms with Gasteiger partial charge in [-0.15, -0.1) is 0 Å². The first-order valence-electron chi connectivity index (χ1n) is 16.9. The predicted octanol–water partition coefficient (Wildman–Crippen LogP) is 7.03. The number of halogens is 2. The van der Waals surface area contributed by atoms with Crippen LogP contribution < -0.4 is 10.6 Å². The molecule has 0 heterocycles. The van der Waals surface area contributed by atoms with E-state index >= 15 is 0 Å². The second-order valence-electron chi connectivity index (χ2n) is 14.6. The lowest BCUT2D eigenvalue weighted by Gasteiger charge is -2.30. The number of amides is 1. The number of rotatable bonds is 20. The van der Waals surface area contributed by atoms with E-state index in [2.05, 4.69) is 10.6 Å². The Morgan fingerprint density at radius 1 is 0.898 bits per heavy atom. The monoisotopic (exact) mass is 688 g/mol. The normalized spacial score (nSPS) is 13.8. The lowest BCUT2D eigenvalue weighted by Crippen LogP contribution is -2.52. The van der Waals surface area contributed by atoms with E-state index in [-0.39, 0.29) is 62.3 Å². The Morgan fingerprint density at radius 2 is 1.55 bits per heavy atom. The van der Waals surface area contributed by atoms with Crippen molar-refractivity contribution < 1.29 is 42.2 Å². The van der Waals surface area contributed by atoms with Crippen molar-refractivity contribution >= 4 is 23.6 Å². The fraction of sp³-hybridized carbons (Fsp3) is 0.579. The minimum Gasteiger partial charge on any atom is -0.452 e. The Bertz CT molecular complexity index is 1380. The van der Waals surface area contributed by atoms with Gasteiger partial charge < -0.3 is 24.8 Å². The van der Waals surface area contributed by atoms with Gasteiger partial charge in [0.25, 0.3) is 0 Å². The summed E-state index contributed by atoms with van der Waals surface area (Å²) >= 11 is 0. The first-order valence-corrected chi connectivity index (χ1v) is 16.9. The number of alkyl carbamates (subject to hydrolysis) is 1. The Balaban J connectivity index is 2.07. The molecular weight excluding hydrogens is 634 g/mol. The van der Waals surface area contributed by atoms with Crippen LogP contribution in [0.2, 0.25) is 0 Å². The Hall–Kier alpha value is -3.70. The topological polar surface area (TPSA) is 120 Å².